The smallest absolute Gasteiger partial charge is 0.154 e. The van der Waals surface area contributed by atoms with Crippen LogP contribution in [0.4, 0.5) is 0 Å². The summed E-state index contributed by atoms with van der Waals surface area (Å²) >= 11 is 12.8. The van der Waals surface area contributed by atoms with Gasteiger partial charge < -0.3 is 0 Å². The number of rotatable bonds is 2. The molecule has 0 saturated carbocycles. The van der Waals surface area contributed by atoms with Gasteiger partial charge in [-0.05, 0) is 23.8 Å². The molecule has 0 aliphatic carbocycles. The van der Waals surface area contributed by atoms with E-state index in [0.29, 0.717) is 0 Å². The Balaban J connectivity index is 2.41. The van der Waals surface area contributed by atoms with E-state index in [9.17, 15) is 0 Å². The molecule has 0 aromatic heterocycles. The monoisotopic (exact) mass is 226 g/mol. The molecule has 0 N–H and O–H groups in total. The molecule has 1 saturated heterocycles. The van der Waals surface area contributed by atoms with Crippen molar-refractivity contribution in [1.82, 2.24) is 0 Å². The zero-order valence-corrected chi connectivity index (χ0v) is 10.7. The van der Waals surface area contributed by atoms with Gasteiger partial charge in [0.15, 0.2) is 7.38 Å². The maximum Gasteiger partial charge on any atom is 0.154 e. The fourth-order valence-electron chi connectivity index (χ4n) is 1.92. The highest BCUT2D eigenvalue weighted by atomic mass is 35.6. The average Bonchev–Trinajstić information content (AvgIpc) is 1.86. The molecule has 0 nitrogen and oxygen atoms in total. The highest BCUT2D eigenvalue weighted by Gasteiger charge is 2.36. The van der Waals surface area contributed by atoms with Crippen LogP contribution in [0.2, 0.25) is 23.8 Å². The highest BCUT2D eigenvalue weighted by Crippen LogP contribution is 2.36. The van der Waals surface area contributed by atoms with Crippen molar-refractivity contribution in [2.75, 3.05) is 0 Å². The molecule has 0 aromatic carbocycles. The van der Waals surface area contributed by atoms with E-state index in [1.807, 2.05) is 0 Å². The number of hydrogen-bond acceptors (Lipinski definition) is 0. The van der Waals surface area contributed by atoms with E-state index in [-0.39, 0.29) is 0 Å². The molecule has 2 atom stereocenters. The van der Waals surface area contributed by atoms with Crippen LogP contribution in [0.5, 0.6) is 0 Å². The second kappa shape index (κ2) is 4.31. The summed E-state index contributed by atoms with van der Waals surface area (Å²) < 4.78 is 0. The zero-order valence-electron chi connectivity index (χ0n) is 7.08. The van der Waals surface area contributed by atoms with E-state index in [1.54, 1.807) is 0 Å². The van der Waals surface area contributed by atoms with Crippen molar-refractivity contribution < 1.29 is 0 Å². The van der Waals surface area contributed by atoms with Gasteiger partial charge in [0, 0.05) is 0 Å². The second-order valence-electron chi connectivity index (χ2n) is 3.59. The molecular weight excluding hydrogens is 211 g/mol. The van der Waals surface area contributed by atoms with Crippen LogP contribution in [0.25, 0.3) is 0 Å². The van der Waals surface area contributed by atoms with Crippen molar-refractivity contribution in [1.29, 1.82) is 0 Å². The predicted octanol–water partition coefficient (Wildman–Crippen LogP) is 3.49. The third-order valence-electron chi connectivity index (χ3n) is 2.43. The first-order chi connectivity index (χ1) is 5.16. The van der Waals surface area contributed by atoms with Gasteiger partial charge in [-0.1, -0.05) is 19.8 Å². The summed E-state index contributed by atoms with van der Waals surface area (Å²) in [6.07, 6.45) is 2.59. The third-order valence-corrected chi connectivity index (χ3v) is 15.4. The minimum atomic E-state index is -1.30. The van der Waals surface area contributed by atoms with Crippen LogP contribution in [-0.2, 0) is 0 Å². The van der Waals surface area contributed by atoms with E-state index in [2.05, 4.69) is 6.92 Å². The maximum atomic E-state index is 6.56. The Morgan fingerprint density at radius 1 is 1.55 bits per heavy atom. The van der Waals surface area contributed by atoms with Crippen molar-refractivity contribution in [3.8, 4) is 0 Å². The molecule has 0 bridgehead atoms. The molecule has 2 unspecified atom stereocenters. The fraction of sp³-hybridized carbons (Fsp3) is 1.00. The molecule has 4 heteroatoms. The molecule has 66 valence electrons. The van der Waals surface area contributed by atoms with Gasteiger partial charge >= 0.3 is 0 Å². The molecule has 0 radical (unpaired) electrons. The molecule has 1 rings (SSSR count). The molecule has 1 aliphatic rings. The molecule has 1 heterocycles. The van der Waals surface area contributed by atoms with E-state index >= 15 is 0 Å². The van der Waals surface area contributed by atoms with Crippen LogP contribution >= 0.6 is 22.2 Å². The lowest BCUT2D eigenvalue weighted by molar-refractivity contribution is 0.968. The Hall–Kier alpha value is 1.01. The standard InChI is InChI=1S/C7H16Cl2Si2/c1-2-5-11(9)6-3-4-10(8)7-11/h10H,2-7H2,1H3. The van der Waals surface area contributed by atoms with Gasteiger partial charge in [-0.2, -0.15) is 22.2 Å². The summed E-state index contributed by atoms with van der Waals surface area (Å²) in [6.45, 7) is 2.23. The quantitative estimate of drug-likeness (QED) is 0.500. The van der Waals surface area contributed by atoms with Crippen molar-refractivity contribution in [3.63, 3.8) is 0 Å². The first kappa shape index (κ1) is 10.1. The third kappa shape index (κ3) is 3.09. The molecule has 1 fully saturated rings. The van der Waals surface area contributed by atoms with Gasteiger partial charge in [-0.25, -0.2) is 0 Å². The SMILES string of the molecule is CCC[Si]1(Cl)CCC[SiH](Cl)C1. The van der Waals surface area contributed by atoms with Gasteiger partial charge in [0.25, 0.3) is 0 Å². The van der Waals surface area contributed by atoms with Crippen molar-refractivity contribution in [2.24, 2.45) is 0 Å². The average molecular weight is 227 g/mol. The van der Waals surface area contributed by atoms with Crippen LogP contribution in [0.1, 0.15) is 19.8 Å². The van der Waals surface area contributed by atoms with E-state index < -0.39 is 15.5 Å². The van der Waals surface area contributed by atoms with Crippen molar-refractivity contribution in [3.05, 3.63) is 0 Å². The topological polar surface area (TPSA) is 0 Å². The predicted molar refractivity (Wildman–Crippen MR) is 58.7 cm³/mol. The largest absolute Gasteiger partial charge is 0.172 e. The van der Waals surface area contributed by atoms with Crippen molar-refractivity contribution in [2.45, 2.75) is 43.6 Å². The van der Waals surface area contributed by atoms with Crippen LogP contribution < -0.4 is 0 Å². The molecule has 0 spiro atoms. The molecule has 1 aliphatic heterocycles. The Bertz CT molecular complexity index is 128. The van der Waals surface area contributed by atoms with Crippen LogP contribution in [0.3, 0.4) is 0 Å². The fourth-order valence-corrected chi connectivity index (χ4v) is 17.1. The van der Waals surface area contributed by atoms with E-state index in [4.69, 9.17) is 22.2 Å². The van der Waals surface area contributed by atoms with Crippen molar-refractivity contribution >= 4 is 37.6 Å². The zero-order chi connectivity index (χ0) is 8.32. The van der Waals surface area contributed by atoms with Gasteiger partial charge in [-0.3, -0.25) is 0 Å². The van der Waals surface area contributed by atoms with Crippen LogP contribution in [0.15, 0.2) is 0 Å². The molecular formula is C7H16Cl2Si2. The first-order valence-corrected chi connectivity index (χ1v) is 11.5. The summed E-state index contributed by atoms with van der Waals surface area (Å²) in [5.74, 6) is 0. The van der Waals surface area contributed by atoms with Gasteiger partial charge in [0.05, 0.1) is 0 Å². The first-order valence-electron chi connectivity index (χ1n) is 4.49. The molecule has 11 heavy (non-hydrogen) atoms. The lowest BCUT2D eigenvalue weighted by atomic mass is 10.6. The summed E-state index contributed by atoms with van der Waals surface area (Å²) in [7, 11) is -2.15. The highest BCUT2D eigenvalue weighted by molar-refractivity contribution is 7.28. The lowest BCUT2D eigenvalue weighted by Gasteiger charge is -2.30. The number of hydrogen-bond donors (Lipinski definition) is 0. The normalized spacial score (nSPS) is 39.0. The Morgan fingerprint density at radius 2 is 2.27 bits per heavy atom. The minimum absolute atomic E-state index is 0.849. The summed E-state index contributed by atoms with van der Waals surface area (Å²) in [5.41, 5.74) is 1.28. The second-order valence-corrected chi connectivity index (χ2v) is 14.6. The van der Waals surface area contributed by atoms with Crippen LogP contribution in [0, 0.1) is 0 Å². The Kier molecular flexibility index (Phi) is 3.95. The van der Waals surface area contributed by atoms with Gasteiger partial charge in [0.2, 0.25) is 0 Å². The van der Waals surface area contributed by atoms with E-state index in [1.165, 1.54) is 36.6 Å². The van der Waals surface area contributed by atoms with Gasteiger partial charge in [-0.15, -0.1) is 0 Å². The van der Waals surface area contributed by atoms with Gasteiger partial charge in [0.1, 0.15) is 8.11 Å². The lowest BCUT2D eigenvalue weighted by Crippen LogP contribution is -2.35. The summed E-state index contributed by atoms with van der Waals surface area (Å²) in [5, 5.41) is 0. The number of halogens is 2. The Labute approximate surface area is 81.3 Å². The minimum Gasteiger partial charge on any atom is -0.172 e. The summed E-state index contributed by atoms with van der Waals surface area (Å²) in [4.78, 5) is 0. The van der Waals surface area contributed by atoms with E-state index in [0.717, 1.165) is 0 Å². The molecule has 0 aromatic rings. The molecule has 0 amide bonds. The summed E-state index contributed by atoms with van der Waals surface area (Å²) in [6, 6.07) is 3.95. The Morgan fingerprint density at radius 3 is 2.82 bits per heavy atom. The maximum absolute atomic E-state index is 6.56. The van der Waals surface area contributed by atoms with Crippen LogP contribution in [-0.4, -0.2) is 15.5 Å².